The molecule has 1 unspecified atom stereocenters. The molecule has 2 aliphatic rings. The molecule has 0 saturated heterocycles. The van der Waals surface area contributed by atoms with Crippen LogP contribution in [-0.2, 0) is 14.8 Å². The minimum Gasteiger partial charge on any atom is -0.345 e. The highest BCUT2D eigenvalue weighted by Gasteiger charge is 2.25. The Morgan fingerprint density at radius 2 is 1.96 bits per heavy atom. The summed E-state index contributed by atoms with van der Waals surface area (Å²) in [5, 5.41) is 2.95. The van der Waals surface area contributed by atoms with Crippen molar-refractivity contribution in [1.29, 1.82) is 0 Å². The number of carbonyl (C=O) groups excluding carboxylic acids is 1. The van der Waals surface area contributed by atoms with Crippen LogP contribution < -0.4 is 5.32 Å². The summed E-state index contributed by atoms with van der Waals surface area (Å²) in [6, 6.07) is 7.88. The van der Waals surface area contributed by atoms with Crippen molar-refractivity contribution in [3.63, 3.8) is 0 Å². The largest absolute Gasteiger partial charge is 0.345 e. The lowest BCUT2D eigenvalue weighted by Gasteiger charge is -2.27. The molecule has 1 N–H and O–H groups in total. The summed E-state index contributed by atoms with van der Waals surface area (Å²) in [5.74, 6) is 0.103. The van der Waals surface area contributed by atoms with Gasteiger partial charge in [-0.1, -0.05) is 29.8 Å². The molecule has 3 rings (SSSR count). The van der Waals surface area contributed by atoms with Gasteiger partial charge in [0.25, 0.3) is 15.9 Å². The predicted molar refractivity (Wildman–Crippen MR) is 92.9 cm³/mol. The highest BCUT2D eigenvalue weighted by molar-refractivity contribution is 7.90. The summed E-state index contributed by atoms with van der Waals surface area (Å²) in [6.07, 6.45) is 4.79. The third kappa shape index (κ3) is 3.56. The molecule has 0 bridgehead atoms. The van der Waals surface area contributed by atoms with Crippen LogP contribution in [0.25, 0.3) is 0 Å². The van der Waals surface area contributed by atoms with Gasteiger partial charge < -0.3 is 10.2 Å². The van der Waals surface area contributed by atoms with Crippen molar-refractivity contribution in [2.45, 2.75) is 19.9 Å². The highest BCUT2D eigenvalue weighted by Crippen LogP contribution is 2.18. The number of hydrogen-bond acceptors (Lipinski definition) is 4. The smallest absolute Gasteiger partial charge is 0.256 e. The maximum atomic E-state index is 12.4. The number of carbonyl (C=O) groups is 1. The number of aryl methyl sites for hydroxylation is 1. The first-order chi connectivity index (χ1) is 11.3. The summed E-state index contributed by atoms with van der Waals surface area (Å²) in [7, 11) is -3.38. The Kier molecular flexibility index (Phi) is 4.28. The Labute approximate surface area is 141 Å². The molecule has 0 fully saturated rings. The van der Waals surface area contributed by atoms with Gasteiger partial charge in [-0.3, -0.25) is 4.79 Å². The maximum absolute atomic E-state index is 12.4. The minimum atomic E-state index is -3.38. The number of fused-ring (bicyclic) bond motifs is 1. The Bertz CT molecular complexity index is 852. The monoisotopic (exact) mass is 345 g/mol. The summed E-state index contributed by atoms with van der Waals surface area (Å²) < 4.78 is 26.7. The van der Waals surface area contributed by atoms with Gasteiger partial charge >= 0.3 is 0 Å². The van der Waals surface area contributed by atoms with E-state index in [1.165, 1.54) is 5.56 Å². The van der Waals surface area contributed by atoms with Crippen LogP contribution >= 0.6 is 0 Å². The summed E-state index contributed by atoms with van der Waals surface area (Å²) >= 11 is 0. The van der Waals surface area contributed by atoms with Gasteiger partial charge in [0.1, 0.15) is 5.84 Å². The van der Waals surface area contributed by atoms with Crippen molar-refractivity contribution in [2.24, 2.45) is 4.40 Å². The molecule has 126 valence electrons. The van der Waals surface area contributed by atoms with Crippen LogP contribution in [0, 0.1) is 6.92 Å². The lowest BCUT2D eigenvalue weighted by Crippen LogP contribution is -2.38. The molecular weight excluding hydrogens is 326 g/mol. The maximum Gasteiger partial charge on any atom is 0.256 e. The number of amidine groups is 1. The lowest BCUT2D eigenvalue weighted by atomic mass is 10.1. The van der Waals surface area contributed by atoms with Crippen molar-refractivity contribution >= 4 is 21.8 Å². The van der Waals surface area contributed by atoms with Crippen LogP contribution in [0.3, 0.4) is 0 Å². The van der Waals surface area contributed by atoms with Crippen molar-refractivity contribution in [3.8, 4) is 0 Å². The number of nitrogens with one attached hydrogen (secondary N) is 1. The molecule has 0 aromatic heterocycles. The SMILES string of the molecule is Cc1ccc(C(C)NC(=O)C2=CN3CCS(=O)(=O)N=C3C=C2)cc1. The van der Waals surface area contributed by atoms with Gasteiger partial charge in [0.05, 0.1) is 17.4 Å². The van der Waals surface area contributed by atoms with Crippen LogP contribution in [0.1, 0.15) is 24.1 Å². The fourth-order valence-corrected chi connectivity index (χ4v) is 3.52. The van der Waals surface area contributed by atoms with E-state index in [2.05, 4.69) is 9.71 Å². The molecule has 24 heavy (non-hydrogen) atoms. The first kappa shape index (κ1) is 16.4. The zero-order valence-corrected chi connectivity index (χ0v) is 14.4. The standard InChI is InChI=1S/C17H19N3O3S/c1-12-3-5-14(6-4-12)13(2)18-17(21)15-7-8-16-19-24(22,23)10-9-20(16)11-15/h3-8,11,13H,9-10H2,1-2H3,(H,18,21). The van der Waals surface area contributed by atoms with Crippen LogP contribution in [0.2, 0.25) is 0 Å². The van der Waals surface area contributed by atoms with Gasteiger partial charge in [-0.05, 0) is 31.6 Å². The second kappa shape index (κ2) is 6.24. The Morgan fingerprint density at radius 3 is 2.67 bits per heavy atom. The zero-order valence-electron chi connectivity index (χ0n) is 13.6. The fraction of sp³-hybridized carbons (Fsp3) is 0.294. The fourth-order valence-electron chi connectivity index (χ4n) is 2.55. The number of rotatable bonds is 3. The molecule has 1 aromatic carbocycles. The normalized spacial score (nSPS) is 19.8. The van der Waals surface area contributed by atoms with Crippen molar-refractivity contribution in [3.05, 3.63) is 59.3 Å². The second-order valence-corrected chi connectivity index (χ2v) is 7.71. The molecule has 6 nitrogen and oxygen atoms in total. The van der Waals surface area contributed by atoms with Crippen LogP contribution in [0.15, 0.2) is 52.6 Å². The molecule has 0 aliphatic carbocycles. The molecule has 1 amide bonds. The predicted octanol–water partition coefficient (Wildman–Crippen LogP) is 1.67. The molecule has 7 heteroatoms. The van der Waals surface area contributed by atoms with Gasteiger partial charge in [-0.15, -0.1) is 4.40 Å². The number of benzene rings is 1. The average Bonchev–Trinajstić information content (AvgIpc) is 2.54. The topological polar surface area (TPSA) is 78.8 Å². The Morgan fingerprint density at radius 1 is 1.25 bits per heavy atom. The van der Waals surface area contributed by atoms with Gasteiger partial charge in [0.15, 0.2) is 0 Å². The molecule has 1 atom stereocenters. The van der Waals surface area contributed by atoms with E-state index >= 15 is 0 Å². The number of hydrogen-bond donors (Lipinski definition) is 1. The van der Waals surface area contributed by atoms with Gasteiger partial charge in [0, 0.05) is 12.7 Å². The van der Waals surface area contributed by atoms with Gasteiger partial charge in [0.2, 0.25) is 0 Å². The Balaban J connectivity index is 1.71. The number of sulfonamides is 1. The first-order valence-electron chi connectivity index (χ1n) is 7.71. The quantitative estimate of drug-likeness (QED) is 0.904. The van der Waals surface area contributed by atoms with Crippen molar-refractivity contribution in [2.75, 3.05) is 12.3 Å². The van der Waals surface area contributed by atoms with Crippen molar-refractivity contribution < 1.29 is 13.2 Å². The van der Waals surface area contributed by atoms with E-state index in [9.17, 15) is 13.2 Å². The number of amides is 1. The highest BCUT2D eigenvalue weighted by atomic mass is 32.2. The van der Waals surface area contributed by atoms with E-state index in [1.54, 1.807) is 23.3 Å². The first-order valence-corrected chi connectivity index (χ1v) is 9.31. The van der Waals surface area contributed by atoms with Crippen LogP contribution in [0.4, 0.5) is 0 Å². The lowest BCUT2D eigenvalue weighted by molar-refractivity contribution is -0.117. The molecule has 0 saturated carbocycles. The van der Waals surface area contributed by atoms with Crippen LogP contribution in [-0.4, -0.2) is 37.4 Å². The molecule has 0 radical (unpaired) electrons. The van der Waals surface area contributed by atoms with E-state index in [0.29, 0.717) is 18.0 Å². The second-order valence-electron chi connectivity index (χ2n) is 5.95. The molecular formula is C17H19N3O3S. The summed E-state index contributed by atoms with van der Waals surface area (Å²) in [5.41, 5.74) is 2.68. The Hall–Kier alpha value is -2.41. The number of nitrogens with zero attached hydrogens (tertiary/aromatic N) is 2. The molecule has 2 heterocycles. The van der Waals surface area contributed by atoms with Gasteiger partial charge in [-0.2, -0.15) is 0 Å². The van der Waals surface area contributed by atoms with E-state index in [0.717, 1.165) is 5.56 Å². The molecule has 2 aliphatic heterocycles. The summed E-state index contributed by atoms with van der Waals surface area (Å²) in [6.45, 7) is 4.24. The van der Waals surface area contributed by atoms with Gasteiger partial charge in [-0.25, -0.2) is 8.42 Å². The van der Waals surface area contributed by atoms with E-state index in [-0.39, 0.29) is 17.7 Å². The van der Waals surface area contributed by atoms with Crippen LogP contribution in [0.5, 0.6) is 0 Å². The van der Waals surface area contributed by atoms with Crippen molar-refractivity contribution in [1.82, 2.24) is 10.2 Å². The van der Waals surface area contributed by atoms with E-state index < -0.39 is 10.0 Å². The zero-order chi connectivity index (χ0) is 17.3. The molecule has 1 aromatic rings. The van der Waals surface area contributed by atoms with E-state index in [1.807, 2.05) is 38.1 Å². The minimum absolute atomic E-state index is 0.0461. The van der Waals surface area contributed by atoms with E-state index in [4.69, 9.17) is 0 Å². The average molecular weight is 345 g/mol. The third-order valence-corrected chi connectivity index (χ3v) is 5.17. The third-order valence-electron chi connectivity index (χ3n) is 4.01. The molecule has 0 spiro atoms. The summed E-state index contributed by atoms with van der Waals surface area (Å²) in [4.78, 5) is 14.1.